The van der Waals surface area contributed by atoms with Crippen LogP contribution in [-0.4, -0.2) is 43.0 Å². The first-order valence-electron chi connectivity index (χ1n) is 11.0. The summed E-state index contributed by atoms with van der Waals surface area (Å²) < 4.78 is 10.9. The number of methoxy groups -OCH3 is 1. The van der Waals surface area contributed by atoms with Crippen molar-refractivity contribution in [2.45, 2.75) is 25.9 Å². The van der Waals surface area contributed by atoms with Gasteiger partial charge in [-0.1, -0.05) is 60.7 Å². The van der Waals surface area contributed by atoms with E-state index in [4.69, 9.17) is 9.47 Å². The van der Waals surface area contributed by atoms with E-state index in [0.29, 0.717) is 31.0 Å². The Balaban J connectivity index is 1.84. The van der Waals surface area contributed by atoms with Crippen LogP contribution >= 0.6 is 0 Å². The fourth-order valence-electron chi connectivity index (χ4n) is 3.53. The molecule has 2 amide bonds. The van der Waals surface area contributed by atoms with E-state index in [0.717, 1.165) is 11.1 Å². The first-order chi connectivity index (χ1) is 16.1. The fraction of sp³-hybridized carbons (Fsp3) is 0.259. The third kappa shape index (κ3) is 7.10. The highest BCUT2D eigenvalue weighted by atomic mass is 16.5. The first-order valence-corrected chi connectivity index (χ1v) is 11.0. The highest BCUT2D eigenvalue weighted by Gasteiger charge is 2.30. The summed E-state index contributed by atoms with van der Waals surface area (Å²) in [6.07, 6.45) is 0.410. The third-order valence-corrected chi connectivity index (χ3v) is 5.24. The molecular formula is C27H30N2O4. The number of rotatable bonds is 11. The molecule has 0 aliphatic rings. The molecular weight excluding hydrogens is 416 g/mol. The van der Waals surface area contributed by atoms with Gasteiger partial charge in [0, 0.05) is 19.5 Å². The van der Waals surface area contributed by atoms with Crippen molar-refractivity contribution >= 4 is 11.8 Å². The normalized spacial score (nSPS) is 11.3. The van der Waals surface area contributed by atoms with Gasteiger partial charge in [-0.3, -0.25) is 9.59 Å². The molecule has 33 heavy (non-hydrogen) atoms. The van der Waals surface area contributed by atoms with Crippen LogP contribution < -0.4 is 14.8 Å². The second-order valence-corrected chi connectivity index (χ2v) is 7.57. The molecule has 6 nitrogen and oxygen atoms in total. The minimum absolute atomic E-state index is 0.177. The molecule has 3 aromatic carbocycles. The van der Waals surface area contributed by atoms with Crippen molar-refractivity contribution in [3.8, 4) is 11.5 Å². The summed E-state index contributed by atoms with van der Waals surface area (Å²) in [6.45, 7) is 2.48. The lowest BCUT2D eigenvalue weighted by atomic mass is 10.0. The van der Waals surface area contributed by atoms with Crippen molar-refractivity contribution in [2.75, 3.05) is 20.3 Å². The second kappa shape index (κ2) is 12.3. The molecule has 0 fully saturated rings. The van der Waals surface area contributed by atoms with Gasteiger partial charge in [-0.15, -0.1) is 0 Å². The molecule has 1 atom stereocenters. The number of carbonyl (C=O) groups excluding carboxylic acids is 2. The lowest BCUT2D eigenvalue weighted by Gasteiger charge is -2.31. The maximum absolute atomic E-state index is 13.4. The van der Waals surface area contributed by atoms with Crippen LogP contribution in [0.25, 0.3) is 0 Å². The monoisotopic (exact) mass is 446 g/mol. The number of ether oxygens (including phenoxy) is 2. The molecule has 0 saturated carbocycles. The Morgan fingerprint density at radius 2 is 1.42 bits per heavy atom. The molecule has 0 bridgehead atoms. The zero-order chi connectivity index (χ0) is 23.5. The van der Waals surface area contributed by atoms with Crippen molar-refractivity contribution < 1.29 is 19.1 Å². The molecule has 1 N–H and O–H groups in total. The largest absolute Gasteiger partial charge is 0.497 e. The summed E-state index contributed by atoms with van der Waals surface area (Å²) in [5.41, 5.74) is 1.92. The summed E-state index contributed by atoms with van der Waals surface area (Å²) in [5.74, 6) is 0.817. The van der Waals surface area contributed by atoms with Gasteiger partial charge in [0.05, 0.1) is 7.11 Å². The number of benzene rings is 3. The van der Waals surface area contributed by atoms with Gasteiger partial charge in [-0.25, -0.2) is 0 Å². The van der Waals surface area contributed by atoms with Crippen molar-refractivity contribution in [2.24, 2.45) is 0 Å². The van der Waals surface area contributed by atoms with E-state index < -0.39 is 6.04 Å². The molecule has 0 radical (unpaired) electrons. The lowest BCUT2D eigenvalue weighted by Crippen LogP contribution is -2.51. The second-order valence-electron chi connectivity index (χ2n) is 7.57. The minimum atomic E-state index is -0.667. The molecule has 0 aliphatic carbocycles. The fourth-order valence-corrected chi connectivity index (χ4v) is 3.53. The SMILES string of the molecule is CCNC(=O)[C@@H](Cc1ccccc1)N(Cc1ccccc1)C(=O)COc1ccc(OC)cc1. The Hall–Kier alpha value is -3.80. The van der Waals surface area contributed by atoms with E-state index in [-0.39, 0.29) is 18.4 Å². The predicted octanol–water partition coefficient (Wildman–Crippen LogP) is 3.85. The van der Waals surface area contributed by atoms with Gasteiger partial charge in [0.2, 0.25) is 5.91 Å². The molecule has 0 aromatic heterocycles. The van der Waals surface area contributed by atoms with Gasteiger partial charge in [-0.2, -0.15) is 0 Å². The van der Waals surface area contributed by atoms with Crippen LogP contribution in [0.4, 0.5) is 0 Å². The van der Waals surface area contributed by atoms with Crippen LogP contribution in [-0.2, 0) is 22.6 Å². The Morgan fingerprint density at radius 1 is 0.848 bits per heavy atom. The smallest absolute Gasteiger partial charge is 0.261 e. The van der Waals surface area contributed by atoms with Crippen LogP contribution in [0, 0.1) is 0 Å². The Bertz CT molecular complexity index is 1010. The first kappa shape index (κ1) is 23.9. The quantitative estimate of drug-likeness (QED) is 0.486. The Morgan fingerprint density at radius 3 is 2.00 bits per heavy atom. The number of nitrogens with one attached hydrogen (secondary N) is 1. The molecule has 172 valence electrons. The van der Waals surface area contributed by atoms with Crippen molar-refractivity contribution in [1.82, 2.24) is 10.2 Å². The number of nitrogens with zero attached hydrogens (tertiary/aromatic N) is 1. The average Bonchev–Trinajstić information content (AvgIpc) is 2.86. The van der Waals surface area contributed by atoms with E-state index in [1.54, 1.807) is 36.3 Å². The van der Waals surface area contributed by atoms with Crippen LogP contribution in [0.5, 0.6) is 11.5 Å². The maximum atomic E-state index is 13.4. The van der Waals surface area contributed by atoms with E-state index >= 15 is 0 Å². The Labute approximate surface area is 195 Å². The zero-order valence-corrected chi connectivity index (χ0v) is 19.1. The summed E-state index contributed by atoms with van der Waals surface area (Å²) in [7, 11) is 1.59. The molecule has 0 aliphatic heterocycles. The number of hydrogen-bond donors (Lipinski definition) is 1. The Kier molecular flexibility index (Phi) is 8.88. The molecule has 3 rings (SSSR count). The molecule has 0 unspecified atom stereocenters. The number of likely N-dealkylation sites (N-methyl/N-ethyl adjacent to an activating group) is 1. The maximum Gasteiger partial charge on any atom is 0.261 e. The summed E-state index contributed by atoms with van der Waals surface area (Å²) in [6, 6.07) is 25.8. The van der Waals surface area contributed by atoms with E-state index in [1.165, 1.54) is 0 Å². The van der Waals surface area contributed by atoms with Crippen molar-refractivity contribution in [3.05, 3.63) is 96.1 Å². The van der Waals surface area contributed by atoms with Crippen molar-refractivity contribution in [1.29, 1.82) is 0 Å². The van der Waals surface area contributed by atoms with Crippen LogP contribution in [0.1, 0.15) is 18.1 Å². The van der Waals surface area contributed by atoms with Crippen LogP contribution in [0.2, 0.25) is 0 Å². The van der Waals surface area contributed by atoms with Gasteiger partial charge >= 0.3 is 0 Å². The van der Waals surface area contributed by atoms with Crippen LogP contribution in [0.3, 0.4) is 0 Å². The summed E-state index contributed by atoms with van der Waals surface area (Å²) in [4.78, 5) is 28.1. The van der Waals surface area contributed by atoms with Gasteiger partial charge in [0.1, 0.15) is 17.5 Å². The van der Waals surface area contributed by atoms with E-state index in [1.807, 2.05) is 67.6 Å². The third-order valence-electron chi connectivity index (χ3n) is 5.24. The van der Waals surface area contributed by atoms with Gasteiger partial charge < -0.3 is 19.7 Å². The van der Waals surface area contributed by atoms with Gasteiger partial charge in [0.15, 0.2) is 6.61 Å². The van der Waals surface area contributed by atoms with Crippen LogP contribution in [0.15, 0.2) is 84.9 Å². The number of carbonyl (C=O) groups is 2. The van der Waals surface area contributed by atoms with Gasteiger partial charge in [0.25, 0.3) is 5.91 Å². The molecule has 6 heteroatoms. The summed E-state index contributed by atoms with van der Waals surface area (Å²) in [5, 5.41) is 2.89. The molecule has 0 spiro atoms. The van der Waals surface area contributed by atoms with E-state index in [9.17, 15) is 9.59 Å². The van der Waals surface area contributed by atoms with E-state index in [2.05, 4.69) is 5.32 Å². The van der Waals surface area contributed by atoms with Gasteiger partial charge in [-0.05, 0) is 42.3 Å². The molecule has 3 aromatic rings. The highest BCUT2D eigenvalue weighted by Crippen LogP contribution is 2.18. The number of hydrogen-bond acceptors (Lipinski definition) is 4. The topological polar surface area (TPSA) is 67.9 Å². The predicted molar refractivity (Wildman–Crippen MR) is 128 cm³/mol. The molecule has 0 saturated heterocycles. The standard InChI is InChI=1S/C27H30N2O4/c1-3-28-27(31)25(18-21-10-6-4-7-11-21)29(19-22-12-8-5-9-13-22)26(30)20-33-24-16-14-23(32-2)15-17-24/h4-17,25H,3,18-20H2,1-2H3,(H,28,31)/t25-/m1/s1. The number of amides is 2. The minimum Gasteiger partial charge on any atom is -0.497 e. The summed E-state index contributed by atoms with van der Waals surface area (Å²) >= 11 is 0. The highest BCUT2D eigenvalue weighted by molar-refractivity contribution is 5.88. The molecule has 0 heterocycles. The average molecular weight is 447 g/mol. The zero-order valence-electron chi connectivity index (χ0n) is 19.1. The lowest BCUT2D eigenvalue weighted by molar-refractivity contribution is -0.142. The van der Waals surface area contributed by atoms with Crippen molar-refractivity contribution in [3.63, 3.8) is 0 Å².